The minimum atomic E-state index is -0.734. The number of allylic oxidation sites excluding steroid dienone is 1. The third-order valence-corrected chi connectivity index (χ3v) is 7.19. The molecule has 1 aromatic heterocycles. The Hall–Kier alpha value is -3.98. The average molecular weight is 520 g/mol. The summed E-state index contributed by atoms with van der Waals surface area (Å²) in [6, 6.07) is 14.1. The average Bonchev–Trinajstić information content (AvgIpc) is 3.18. The van der Waals surface area contributed by atoms with Crippen molar-refractivity contribution in [2.75, 3.05) is 25.1 Å². The first-order chi connectivity index (χ1) is 17.8. The van der Waals surface area contributed by atoms with Crippen LogP contribution in [0.2, 0.25) is 0 Å². The van der Waals surface area contributed by atoms with Gasteiger partial charge in [-0.1, -0.05) is 35.6 Å². The number of hydrogen-bond acceptors (Lipinski definition) is 8. The Kier molecular flexibility index (Phi) is 7.73. The molecule has 8 nitrogen and oxygen atoms in total. The van der Waals surface area contributed by atoms with E-state index in [0.717, 1.165) is 24.3 Å². The van der Waals surface area contributed by atoms with Crippen LogP contribution in [0.15, 0.2) is 69.6 Å². The number of anilines is 1. The SMILES string of the molecule is CCN(CC)c1ccc(/C=c2/sc3n(c2=O)[C@H](c2ccc(OC(C)=O)cc2)C(C(=O)OC)=C(C)N=3)cc1. The lowest BCUT2D eigenvalue weighted by molar-refractivity contribution is -0.136. The zero-order valence-corrected chi connectivity index (χ0v) is 22.3. The maximum Gasteiger partial charge on any atom is 0.338 e. The van der Waals surface area contributed by atoms with Crippen molar-refractivity contribution in [3.8, 4) is 5.75 Å². The lowest BCUT2D eigenvalue weighted by atomic mass is 9.96. The molecule has 0 N–H and O–H groups in total. The van der Waals surface area contributed by atoms with Gasteiger partial charge in [0.15, 0.2) is 4.80 Å². The van der Waals surface area contributed by atoms with Gasteiger partial charge >= 0.3 is 11.9 Å². The third-order valence-electron chi connectivity index (χ3n) is 6.20. The van der Waals surface area contributed by atoms with Crippen LogP contribution in [0.1, 0.15) is 44.9 Å². The second-order valence-corrected chi connectivity index (χ2v) is 9.51. The van der Waals surface area contributed by atoms with Gasteiger partial charge in [0.25, 0.3) is 5.56 Å². The van der Waals surface area contributed by atoms with Crippen LogP contribution < -0.4 is 24.5 Å². The predicted molar refractivity (Wildman–Crippen MR) is 144 cm³/mol. The van der Waals surface area contributed by atoms with Gasteiger partial charge in [-0.25, -0.2) is 9.79 Å². The van der Waals surface area contributed by atoms with Crippen molar-refractivity contribution in [2.24, 2.45) is 4.99 Å². The molecular weight excluding hydrogens is 490 g/mol. The highest BCUT2D eigenvalue weighted by Gasteiger charge is 2.33. The highest BCUT2D eigenvalue weighted by atomic mass is 32.1. The Morgan fingerprint density at radius 3 is 2.30 bits per heavy atom. The summed E-state index contributed by atoms with van der Waals surface area (Å²) >= 11 is 1.27. The van der Waals surface area contributed by atoms with Gasteiger partial charge in [-0.15, -0.1) is 0 Å². The number of esters is 2. The molecule has 0 saturated heterocycles. The summed E-state index contributed by atoms with van der Waals surface area (Å²) in [6.07, 6.45) is 1.84. The van der Waals surface area contributed by atoms with E-state index in [1.807, 2.05) is 30.3 Å². The number of thiazole rings is 1. The molecule has 0 fully saturated rings. The highest BCUT2D eigenvalue weighted by Crippen LogP contribution is 2.31. The first kappa shape index (κ1) is 26.1. The second kappa shape index (κ2) is 11.0. The number of methoxy groups -OCH3 is 1. The minimum Gasteiger partial charge on any atom is -0.466 e. The molecule has 0 spiro atoms. The topological polar surface area (TPSA) is 90.2 Å². The molecule has 192 valence electrons. The van der Waals surface area contributed by atoms with Crippen molar-refractivity contribution in [2.45, 2.75) is 33.7 Å². The van der Waals surface area contributed by atoms with Crippen LogP contribution >= 0.6 is 11.3 Å². The van der Waals surface area contributed by atoms with Gasteiger partial charge in [-0.3, -0.25) is 14.2 Å². The number of fused-ring (bicyclic) bond motifs is 1. The quantitative estimate of drug-likeness (QED) is 0.352. The van der Waals surface area contributed by atoms with Gasteiger partial charge in [0, 0.05) is 25.7 Å². The lowest BCUT2D eigenvalue weighted by Gasteiger charge is -2.24. The molecule has 0 amide bonds. The largest absolute Gasteiger partial charge is 0.466 e. The third kappa shape index (κ3) is 5.27. The van der Waals surface area contributed by atoms with Crippen molar-refractivity contribution in [3.05, 3.63) is 90.6 Å². The fraction of sp³-hybridized carbons (Fsp3) is 0.286. The zero-order valence-electron chi connectivity index (χ0n) is 21.5. The normalized spacial score (nSPS) is 15.2. The van der Waals surface area contributed by atoms with Gasteiger partial charge in [0.05, 0.1) is 29.0 Å². The Morgan fingerprint density at radius 2 is 1.73 bits per heavy atom. The van der Waals surface area contributed by atoms with E-state index in [-0.39, 0.29) is 11.1 Å². The number of carbonyl (C=O) groups excluding carboxylic acids is 2. The van der Waals surface area contributed by atoms with Gasteiger partial charge in [-0.05, 0) is 62.2 Å². The van der Waals surface area contributed by atoms with Crippen LogP contribution in [0, 0.1) is 0 Å². The van der Waals surface area contributed by atoms with Gasteiger partial charge in [-0.2, -0.15) is 0 Å². The van der Waals surface area contributed by atoms with Crippen molar-refractivity contribution >= 4 is 35.0 Å². The minimum absolute atomic E-state index is 0.250. The molecule has 0 radical (unpaired) electrons. The molecule has 0 unspecified atom stereocenters. The summed E-state index contributed by atoms with van der Waals surface area (Å²) in [5, 5.41) is 0. The van der Waals surface area contributed by atoms with Crippen LogP contribution in [-0.4, -0.2) is 36.7 Å². The van der Waals surface area contributed by atoms with Gasteiger partial charge < -0.3 is 14.4 Å². The summed E-state index contributed by atoms with van der Waals surface area (Å²) < 4.78 is 12.2. The van der Waals surface area contributed by atoms with E-state index in [0.29, 0.717) is 26.3 Å². The number of ether oxygens (including phenoxy) is 2. The molecule has 1 aliphatic heterocycles. The summed E-state index contributed by atoms with van der Waals surface area (Å²) in [4.78, 5) is 45.1. The lowest BCUT2D eigenvalue weighted by Crippen LogP contribution is -2.39. The zero-order chi connectivity index (χ0) is 26.7. The molecule has 0 bridgehead atoms. The molecule has 2 heterocycles. The monoisotopic (exact) mass is 519 g/mol. The van der Waals surface area contributed by atoms with Crippen LogP contribution in [0.3, 0.4) is 0 Å². The number of rotatable bonds is 7. The van der Waals surface area contributed by atoms with E-state index < -0.39 is 18.0 Å². The van der Waals surface area contributed by atoms with Crippen LogP contribution in [-0.2, 0) is 14.3 Å². The van der Waals surface area contributed by atoms with E-state index in [4.69, 9.17) is 9.47 Å². The maximum atomic E-state index is 13.7. The van der Waals surface area contributed by atoms with E-state index in [2.05, 4.69) is 23.7 Å². The van der Waals surface area contributed by atoms with Crippen molar-refractivity contribution in [1.29, 1.82) is 0 Å². The number of aromatic nitrogens is 1. The first-order valence-corrected chi connectivity index (χ1v) is 12.8. The summed E-state index contributed by atoms with van der Waals surface area (Å²) in [5.74, 6) is -0.620. The van der Waals surface area contributed by atoms with Crippen LogP contribution in [0.4, 0.5) is 5.69 Å². The molecule has 1 atom stereocenters. The van der Waals surface area contributed by atoms with E-state index in [9.17, 15) is 14.4 Å². The molecule has 1 aliphatic rings. The standard InChI is InChI=1S/C28H29N3O5S/c1-6-30(7-2)21-12-8-19(9-13-21)16-23-26(33)31-25(20-10-14-22(15-11-20)36-18(4)32)24(27(34)35-5)17(3)29-28(31)37-23/h8-16,25H,6-7H2,1-5H3/b23-16+/t25-/m1/s1. The highest BCUT2D eigenvalue weighted by molar-refractivity contribution is 7.07. The molecule has 3 aromatic rings. The van der Waals surface area contributed by atoms with Crippen molar-refractivity contribution < 1.29 is 19.1 Å². The van der Waals surface area contributed by atoms with Crippen LogP contribution in [0.25, 0.3) is 6.08 Å². The van der Waals surface area contributed by atoms with E-state index >= 15 is 0 Å². The molecule has 9 heteroatoms. The number of benzene rings is 2. The van der Waals surface area contributed by atoms with Gasteiger partial charge in [0.1, 0.15) is 5.75 Å². The summed E-state index contributed by atoms with van der Waals surface area (Å²) in [5.41, 5.74) is 3.20. The smallest absolute Gasteiger partial charge is 0.338 e. The second-order valence-electron chi connectivity index (χ2n) is 8.50. The van der Waals surface area contributed by atoms with Gasteiger partial charge in [0.2, 0.25) is 0 Å². The molecular formula is C28H29N3O5S. The first-order valence-electron chi connectivity index (χ1n) is 12.0. The fourth-order valence-corrected chi connectivity index (χ4v) is 5.46. The van der Waals surface area contributed by atoms with Crippen LogP contribution in [0.5, 0.6) is 5.75 Å². The number of carbonyl (C=O) groups is 2. The summed E-state index contributed by atoms with van der Waals surface area (Å²) in [6.45, 7) is 9.11. The number of nitrogens with zero attached hydrogens (tertiary/aromatic N) is 3. The predicted octanol–water partition coefficient (Wildman–Crippen LogP) is 3.18. The molecule has 2 aromatic carbocycles. The van der Waals surface area contributed by atoms with Crippen molar-refractivity contribution in [1.82, 2.24) is 4.57 Å². The van der Waals surface area contributed by atoms with E-state index in [1.165, 1.54) is 29.9 Å². The molecule has 0 aliphatic carbocycles. The van der Waals surface area contributed by atoms with Crippen molar-refractivity contribution in [3.63, 3.8) is 0 Å². The molecule has 0 saturated carbocycles. The Bertz CT molecular complexity index is 1530. The Morgan fingerprint density at radius 1 is 1.08 bits per heavy atom. The Labute approximate surface area is 218 Å². The summed E-state index contributed by atoms with van der Waals surface area (Å²) in [7, 11) is 1.30. The molecule has 37 heavy (non-hydrogen) atoms. The maximum absolute atomic E-state index is 13.7. The molecule has 4 rings (SSSR count). The Balaban J connectivity index is 1.83. The number of hydrogen-bond donors (Lipinski definition) is 0. The fourth-order valence-electron chi connectivity index (χ4n) is 4.41. The van der Waals surface area contributed by atoms with E-state index in [1.54, 1.807) is 31.2 Å².